The number of fused-ring (bicyclic) bond motifs is 1. The van der Waals surface area contributed by atoms with Crippen LogP contribution in [0.3, 0.4) is 0 Å². The van der Waals surface area contributed by atoms with Crippen LogP contribution in [-0.2, 0) is 6.54 Å². The van der Waals surface area contributed by atoms with Crippen LogP contribution in [0, 0.1) is 11.3 Å². The van der Waals surface area contributed by atoms with Gasteiger partial charge in [-0.1, -0.05) is 11.3 Å². The summed E-state index contributed by atoms with van der Waals surface area (Å²) in [5.41, 5.74) is 1.02. The van der Waals surface area contributed by atoms with E-state index in [1.165, 1.54) is 32.2 Å². The average Bonchev–Trinajstić information content (AvgIpc) is 3.59. The Morgan fingerprint density at radius 3 is 2.62 bits per heavy atom. The number of hydrogen-bond donors (Lipinski definition) is 2. The Morgan fingerprint density at radius 2 is 1.89 bits per heavy atom. The first kappa shape index (κ1) is 25.5. The number of methoxy groups -OCH3 is 3. The molecule has 0 saturated heterocycles. The summed E-state index contributed by atoms with van der Waals surface area (Å²) in [6, 6.07) is 12.1. The second-order valence-electron chi connectivity index (χ2n) is 7.76. The standard InChI is InChI=1S/C25H24N6O5S/c1-34-20-6-5-17(22(35-2)23(20)36-3)24(32)27-9-10-31-14-19(29-30-31)25(33)28-18(13-26)15-4-7-21-16(12-15)8-11-37-21/h4-8,11-12,14,18H,9-10H2,1-3H3,(H,27,32)(H,28,33). The Kier molecular flexibility index (Phi) is 7.85. The zero-order valence-corrected chi connectivity index (χ0v) is 21.2. The third kappa shape index (κ3) is 5.46. The fraction of sp³-hybridized carbons (Fsp3) is 0.240. The fourth-order valence-corrected chi connectivity index (χ4v) is 4.50. The molecule has 1 unspecified atom stereocenters. The SMILES string of the molecule is COc1ccc(C(=O)NCCn2cc(C(=O)NC(C#N)c3ccc4sccc4c3)nn2)c(OC)c1OC. The summed E-state index contributed by atoms with van der Waals surface area (Å²) in [4.78, 5) is 25.4. The molecule has 2 heterocycles. The lowest BCUT2D eigenvalue weighted by atomic mass is 10.1. The van der Waals surface area contributed by atoms with E-state index in [0.717, 1.165) is 10.1 Å². The highest BCUT2D eigenvalue weighted by molar-refractivity contribution is 7.17. The molecule has 37 heavy (non-hydrogen) atoms. The van der Waals surface area contributed by atoms with Gasteiger partial charge in [0.2, 0.25) is 5.75 Å². The summed E-state index contributed by atoms with van der Waals surface area (Å²) < 4.78 is 18.4. The maximum absolute atomic E-state index is 12.7. The van der Waals surface area contributed by atoms with Crippen LogP contribution < -0.4 is 24.8 Å². The molecule has 0 radical (unpaired) electrons. The topological polar surface area (TPSA) is 140 Å². The Labute approximate surface area is 216 Å². The molecule has 2 aromatic carbocycles. The zero-order chi connectivity index (χ0) is 26.4. The number of nitrogens with zero attached hydrogens (tertiary/aromatic N) is 4. The minimum Gasteiger partial charge on any atom is -0.493 e. The summed E-state index contributed by atoms with van der Waals surface area (Å²) in [6.07, 6.45) is 1.45. The van der Waals surface area contributed by atoms with Crippen LogP contribution in [0.15, 0.2) is 48.0 Å². The van der Waals surface area contributed by atoms with Crippen molar-refractivity contribution in [3.05, 3.63) is 64.8 Å². The summed E-state index contributed by atoms with van der Waals surface area (Å²) in [5.74, 6) is 0.104. The van der Waals surface area contributed by atoms with Gasteiger partial charge in [-0.05, 0) is 46.7 Å². The molecule has 2 amide bonds. The molecule has 2 aromatic heterocycles. The first-order valence-corrected chi connectivity index (χ1v) is 12.0. The van der Waals surface area contributed by atoms with Crippen molar-refractivity contribution >= 4 is 33.2 Å². The molecule has 190 valence electrons. The van der Waals surface area contributed by atoms with E-state index < -0.39 is 11.9 Å². The van der Waals surface area contributed by atoms with Crippen LogP contribution in [-0.4, -0.2) is 54.7 Å². The molecule has 2 N–H and O–H groups in total. The Balaban J connectivity index is 1.35. The third-order valence-electron chi connectivity index (χ3n) is 5.56. The second kappa shape index (κ2) is 11.4. The van der Waals surface area contributed by atoms with Crippen molar-refractivity contribution in [1.29, 1.82) is 5.26 Å². The van der Waals surface area contributed by atoms with Gasteiger partial charge in [0.25, 0.3) is 11.8 Å². The lowest BCUT2D eigenvalue weighted by molar-refractivity contribution is 0.0934. The maximum Gasteiger partial charge on any atom is 0.274 e. The molecule has 1 atom stereocenters. The molecular formula is C25H24N6O5S. The molecule has 0 aliphatic rings. The number of thiophene rings is 1. The smallest absolute Gasteiger partial charge is 0.274 e. The highest BCUT2D eigenvalue weighted by Gasteiger charge is 2.21. The molecule has 0 aliphatic carbocycles. The minimum atomic E-state index is -0.835. The third-order valence-corrected chi connectivity index (χ3v) is 6.46. The number of hydrogen-bond acceptors (Lipinski definition) is 9. The van der Waals surface area contributed by atoms with E-state index in [1.807, 2.05) is 29.6 Å². The maximum atomic E-state index is 12.7. The molecular weight excluding hydrogens is 496 g/mol. The molecule has 0 bridgehead atoms. The first-order chi connectivity index (χ1) is 18.0. The number of nitrogens with one attached hydrogen (secondary N) is 2. The number of carbonyl (C=O) groups excluding carboxylic acids is 2. The van der Waals surface area contributed by atoms with Gasteiger partial charge >= 0.3 is 0 Å². The first-order valence-electron chi connectivity index (χ1n) is 11.1. The van der Waals surface area contributed by atoms with Gasteiger partial charge in [0.1, 0.15) is 6.04 Å². The monoisotopic (exact) mass is 520 g/mol. The lowest BCUT2D eigenvalue weighted by Gasteiger charge is -2.15. The van der Waals surface area contributed by atoms with Crippen molar-refractivity contribution in [2.75, 3.05) is 27.9 Å². The number of nitriles is 1. The highest BCUT2D eigenvalue weighted by atomic mass is 32.1. The van der Waals surface area contributed by atoms with Crippen molar-refractivity contribution < 1.29 is 23.8 Å². The van der Waals surface area contributed by atoms with Gasteiger partial charge < -0.3 is 24.8 Å². The van der Waals surface area contributed by atoms with E-state index in [0.29, 0.717) is 17.1 Å². The Bertz CT molecular complexity index is 1470. The van der Waals surface area contributed by atoms with Crippen molar-refractivity contribution in [2.45, 2.75) is 12.6 Å². The molecule has 0 saturated carbocycles. The van der Waals surface area contributed by atoms with Gasteiger partial charge in [-0.3, -0.25) is 9.59 Å². The molecule has 4 aromatic rings. The van der Waals surface area contributed by atoms with E-state index in [1.54, 1.807) is 23.5 Å². The van der Waals surface area contributed by atoms with Gasteiger partial charge in [-0.2, -0.15) is 5.26 Å². The van der Waals surface area contributed by atoms with Crippen molar-refractivity contribution in [2.24, 2.45) is 0 Å². The van der Waals surface area contributed by atoms with Crippen molar-refractivity contribution in [1.82, 2.24) is 25.6 Å². The minimum absolute atomic E-state index is 0.0600. The van der Waals surface area contributed by atoms with E-state index in [-0.39, 0.29) is 36.0 Å². The molecule has 12 heteroatoms. The van der Waals surface area contributed by atoms with Crippen LogP contribution in [0.2, 0.25) is 0 Å². The molecule has 0 spiro atoms. The van der Waals surface area contributed by atoms with E-state index >= 15 is 0 Å². The van der Waals surface area contributed by atoms with Crippen LogP contribution in [0.5, 0.6) is 17.2 Å². The van der Waals surface area contributed by atoms with Gasteiger partial charge in [0.15, 0.2) is 17.2 Å². The zero-order valence-electron chi connectivity index (χ0n) is 20.3. The predicted molar refractivity (Wildman–Crippen MR) is 136 cm³/mol. The summed E-state index contributed by atoms with van der Waals surface area (Å²) >= 11 is 1.61. The summed E-state index contributed by atoms with van der Waals surface area (Å²) in [5, 5.41) is 25.9. The van der Waals surface area contributed by atoms with Gasteiger partial charge in [0.05, 0.1) is 45.7 Å². The number of amides is 2. The van der Waals surface area contributed by atoms with E-state index in [4.69, 9.17) is 14.2 Å². The number of aromatic nitrogens is 3. The average molecular weight is 521 g/mol. The largest absolute Gasteiger partial charge is 0.493 e. The van der Waals surface area contributed by atoms with Gasteiger partial charge in [-0.25, -0.2) is 4.68 Å². The van der Waals surface area contributed by atoms with Crippen LogP contribution in [0.25, 0.3) is 10.1 Å². The van der Waals surface area contributed by atoms with Gasteiger partial charge in [-0.15, -0.1) is 16.4 Å². The van der Waals surface area contributed by atoms with Crippen LogP contribution in [0.4, 0.5) is 0 Å². The number of rotatable bonds is 10. The number of ether oxygens (including phenoxy) is 3. The highest BCUT2D eigenvalue weighted by Crippen LogP contribution is 2.39. The van der Waals surface area contributed by atoms with Crippen molar-refractivity contribution in [3.8, 4) is 23.3 Å². The van der Waals surface area contributed by atoms with E-state index in [9.17, 15) is 14.9 Å². The van der Waals surface area contributed by atoms with Crippen LogP contribution >= 0.6 is 11.3 Å². The number of benzene rings is 2. The summed E-state index contributed by atoms with van der Waals surface area (Å²) in [7, 11) is 4.39. The normalized spacial score (nSPS) is 11.4. The molecule has 11 nitrogen and oxygen atoms in total. The predicted octanol–water partition coefficient (Wildman–Crippen LogP) is 2.94. The van der Waals surface area contributed by atoms with Crippen molar-refractivity contribution in [3.63, 3.8) is 0 Å². The fourth-order valence-electron chi connectivity index (χ4n) is 3.73. The number of carbonyl (C=O) groups is 2. The van der Waals surface area contributed by atoms with Gasteiger partial charge in [0, 0.05) is 11.2 Å². The second-order valence-corrected chi connectivity index (χ2v) is 8.71. The van der Waals surface area contributed by atoms with Crippen LogP contribution in [0.1, 0.15) is 32.5 Å². The Morgan fingerprint density at radius 1 is 1.08 bits per heavy atom. The quantitative estimate of drug-likeness (QED) is 0.325. The summed E-state index contributed by atoms with van der Waals surface area (Å²) in [6.45, 7) is 0.473. The molecule has 0 aliphatic heterocycles. The molecule has 4 rings (SSSR count). The van der Waals surface area contributed by atoms with E-state index in [2.05, 4.69) is 27.0 Å². The molecule has 0 fully saturated rings. The lowest BCUT2D eigenvalue weighted by Crippen LogP contribution is -2.28. The Hall–Kier alpha value is -4.63.